The second-order valence-electron chi connectivity index (χ2n) is 6.12. The van der Waals surface area contributed by atoms with Gasteiger partial charge in [0.2, 0.25) is 0 Å². The van der Waals surface area contributed by atoms with Crippen LogP contribution in [0.3, 0.4) is 0 Å². The number of benzene rings is 1. The smallest absolute Gasteiger partial charge is 0.408 e. The predicted octanol–water partition coefficient (Wildman–Crippen LogP) is 2.50. The van der Waals surface area contributed by atoms with Gasteiger partial charge < -0.3 is 14.8 Å². The van der Waals surface area contributed by atoms with E-state index in [1.165, 1.54) is 0 Å². The molecule has 0 heterocycles. The quantitative estimate of drug-likeness (QED) is 0.847. The maximum Gasteiger partial charge on any atom is 0.408 e. The molecule has 1 aromatic carbocycles. The molecule has 0 saturated heterocycles. The lowest BCUT2D eigenvalue weighted by Gasteiger charge is -2.23. The zero-order valence-corrected chi connectivity index (χ0v) is 12.3. The van der Waals surface area contributed by atoms with Crippen molar-refractivity contribution in [2.75, 3.05) is 0 Å². The van der Waals surface area contributed by atoms with Gasteiger partial charge in [0, 0.05) is 5.92 Å². The number of carbonyl (C=O) groups is 2. The molecule has 0 saturated carbocycles. The first kappa shape index (κ1) is 15.0. The van der Waals surface area contributed by atoms with E-state index in [9.17, 15) is 14.9 Å². The van der Waals surface area contributed by atoms with Crippen LogP contribution in [0.15, 0.2) is 18.2 Å². The van der Waals surface area contributed by atoms with Gasteiger partial charge in [-0.1, -0.05) is 12.1 Å². The summed E-state index contributed by atoms with van der Waals surface area (Å²) < 4.78 is 5.23. The molecule has 2 rings (SSSR count). The molecule has 21 heavy (non-hydrogen) atoms. The Morgan fingerprint density at radius 3 is 2.76 bits per heavy atom. The minimum atomic E-state index is -0.614. The molecule has 0 spiro atoms. The molecule has 0 fully saturated rings. The molecule has 1 aliphatic carbocycles. The third kappa shape index (κ3) is 3.22. The van der Waals surface area contributed by atoms with Crippen molar-refractivity contribution >= 4 is 12.4 Å². The minimum absolute atomic E-state index is 0.373. The van der Waals surface area contributed by atoms with Crippen molar-refractivity contribution in [2.45, 2.75) is 38.8 Å². The fourth-order valence-electron chi connectivity index (χ4n) is 2.58. The Morgan fingerprint density at radius 2 is 2.19 bits per heavy atom. The normalized spacial score (nSPS) is 20.3. The third-order valence-corrected chi connectivity index (χ3v) is 3.36. The summed E-state index contributed by atoms with van der Waals surface area (Å²) in [5, 5.41) is 11.9. The van der Waals surface area contributed by atoms with Crippen LogP contribution in [-0.2, 0) is 16.0 Å². The average Bonchev–Trinajstić information content (AvgIpc) is 2.74. The summed E-state index contributed by atoms with van der Waals surface area (Å²) in [6, 6.07) is 6.96. The van der Waals surface area contributed by atoms with Crippen LogP contribution >= 0.6 is 0 Å². The van der Waals surface area contributed by atoms with Crippen molar-refractivity contribution in [1.29, 1.82) is 5.26 Å². The summed E-state index contributed by atoms with van der Waals surface area (Å²) in [4.78, 5) is 23.2. The molecule has 5 nitrogen and oxygen atoms in total. The number of nitrogens with zero attached hydrogens (tertiary/aromatic N) is 1. The fourth-order valence-corrected chi connectivity index (χ4v) is 2.58. The van der Waals surface area contributed by atoms with Crippen LogP contribution in [0.2, 0.25) is 0 Å². The van der Waals surface area contributed by atoms with Crippen LogP contribution in [0.4, 0.5) is 4.79 Å². The lowest BCUT2D eigenvalue weighted by molar-refractivity contribution is -0.111. The molecule has 110 valence electrons. The Balaban J connectivity index is 2.29. The van der Waals surface area contributed by atoms with Crippen LogP contribution in [0, 0.1) is 17.2 Å². The van der Waals surface area contributed by atoms with Gasteiger partial charge in [-0.15, -0.1) is 0 Å². The number of rotatable bonds is 2. The highest BCUT2D eigenvalue weighted by Crippen LogP contribution is 2.37. The third-order valence-electron chi connectivity index (χ3n) is 3.36. The molecular formula is C16H18N2O3. The molecule has 0 radical (unpaired) electrons. The van der Waals surface area contributed by atoms with Crippen molar-refractivity contribution in [3.8, 4) is 6.07 Å². The fraction of sp³-hybridized carbons (Fsp3) is 0.438. The van der Waals surface area contributed by atoms with Crippen LogP contribution < -0.4 is 5.32 Å². The number of carbonyl (C=O) groups excluding carboxylic acids is 2. The SMILES string of the molecule is CC(C)(C)OC(=O)NC1c2c(C#N)cccc2C[C@@H]1C=O. The van der Waals surface area contributed by atoms with Gasteiger partial charge in [-0.05, 0) is 44.4 Å². The first-order chi connectivity index (χ1) is 9.85. The summed E-state index contributed by atoms with van der Waals surface area (Å²) in [5.74, 6) is -0.373. The molecule has 0 aromatic heterocycles. The first-order valence-electron chi connectivity index (χ1n) is 6.82. The van der Waals surface area contributed by atoms with Gasteiger partial charge in [-0.25, -0.2) is 4.79 Å². The standard InChI is InChI=1S/C16H18N2O3/c1-16(2,3)21-15(20)18-14-12(9-19)7-10-5-4-6-11(8-17)13(10)14/h4-6,9,12,14H,7H2,1-3H3,(H,18,20)/t12-,14?/m1/s1. The van der Waals surface area contributed by atoms with Gasteiger partial charge in [-0.2, -0.15) is 5.26 Å². The lowest BCUT2D eigenvalue weighted by atomic mass is 9.99. The average molecular weight is 286 g/mol. The second kappa shape index (κ2) is 5.57. The maximum atomic E-state index is 12.0. The molecule has 1 N–H and O–H groups in total. The maximum absolute atomic E-state index is 12.0. The van der Waals surface area contributed by atoms with Crippen molar-refractivity contribution in [1.82, 2.24) is 5.32 Å². The van der Waals surface area contributed by atoms with Crippen molar-refractivity contribution in [3.63, 3.8) is 0 Å². The zero-order valence-electron chi connectivity index (χ0n) is 12.3. The van der Waals surface area contributed by atoms with Crippen LogP contribution in [-0.4, -0.2) is 18.0 Å². The van der Waals surface area contributed by atoms with E-state index >= 15 is 0 Å². The number of aldehydes is 1. The van der Waals surface area contributed by atoms with Gasteiger partial charge in [0.1, 0.15) is 11.9 Å². The lowest BCUT2D eigenvalue weighted by Crippen LogP contribution is -2.37. The first-order valence-corrected chi connectivity index (χ1v) is 6.82. The van der Waals surface area contributed by atoms with E-state index in [2.05, 4.69) is 11.4 Å². The van der Waals surface area contributed by atoms with Crippen LogP contribution in [0.1, 0.15) is 43.5 Å². The monoisotopic (exact) mass is 286 g/mol. The molecule has 0 aliphatic heterocycles. The number of alkyl carbamates (subject to hydrolysis) is 1. The number of hydrogen-bond donors (Lipinski definition) is 1. The van der Waals surface area contributed by atoms with Gasteiger partial charge >= 0.3 is 6.09 Å². The summed E-state index contributed by atoms with van der Waals surface area (Å²) in [6.07, 6.45) is 0.762. The molecule has 1 aromatic rings. The number of nitriles is 1. The Bertz CT molecular complexity index is 611. The zero-order chi connectivity index (χ0) is 15.6. The largest absolute Gasteiger partial charge is 0.444 e. The molecule has 2 atom stereocenters. The van der Waals surface area contributed by atoms with E-state index in [4.69, 9.17) is 4.74 Å². The highest BCUT2D eigenvalue weighted by Gasteiger charge is 2.36. The van der Waals surface area contributed by atoms with Gasteiger partial charge in [-0.3, -0.25) is 0 Å². The number of amides is 1. The van der Waals surface area contributed by atoms with Crippen molar-refractivity contribution < 1.29 is 14.3 Å². The summed E-state index contributed by atoms with van der Waals surface area (Å²) in [7, 11) is 0. The van der Waals surface area contributed by atoms with Crippen molar-refractivity contribution in [3.05, 3.63) is 34.9 Å². The van der Waals surface area contributed by atoms with E-state index in [1.807, 2.05) is 6.07 Å². The summed E-state index contributed by atoms with van der Waals surface area (Å²) in [5.41, 5.74) is 1.52. The van der Waals surface area contributed by atoms with Crippen LogP contribution in [0.5, 0.6) is 0 Å². The molecule has 0 bridgehead atoms. The van der Waals surface area contributed by atoms with Crippen LogP contribution in [0.25, 0.3) is 0 Å². The van der Waals surface area contributed by atoms with E-state index in [-0.39, 0.29) is 5.92 Å². The van der Waals surface area contributed by atoms with E-state index < -0.39 is 17.7 Å². The molecule has 1 amide bonds. The number of fused-ring (bicyclic) bond motifs is 1. The Morgan fingerprint density at radius 1 is 1.48 bits per heavy atom. The van der Waals surface area contributed by atoms with E-state index in [1.54, 1.807) is 32.9 Å². The molecular weight excluding hydrogens is 268 g/mol. The molecule has 1 aliphatic rings. The summed E-state index contributed by atoms with van der Waals surface area (Å²) in [6.45, 7) is 5.31. The Labute approximate surface area is 123 Å². The van der Waals surface area contributed by atoms with Gasteiger partial charge in [0.15, 0.2) is 0 Å². The van der Waals surface area contributed by atoms with Gasteiger partial charge in [0.25, 0.3) is 0 Å². The number of hydrogen-bond acceptors (Lipinski definition) is 4. The minimum Gasteiger partial charge on any atom is -0.444 e. The number of nitrogens with one attached hydrogen (secondary N) is 1. The Kier molecular flexibility index (Phi) is 3.99. The molecule has 5 heteroatoms. The van der Waals surface area contributed by atoms with E-state index in [0.29, 0.717) is 12.0 Å². The second-order valence-corrected chi connectivity index (χ2v) is 6.12. The topological polar surface area (TPSA) is 79.2 Å². The Hall–Kier alpha value is -2.35. The van der Waals surface area contributed by atoms with Gasteiger partial charge in [0.05, 0.1) is 17.7 Å². The van der Waals surface area contributed by atoms with Crippen molar-refractivity contribution in [2.24, 2.45) is 5.92 Å². The highest BCUT2D eigenvalue weighted by molar-refractivity contribution is 5.71. The highest BCUT2D eigenvalue weighted by atomic mass is 16.6. The number of ether oxygens (including phenoxy) is 1. The summed E-state index contributed by atoms with van der Waals surface area (Å²) >= 11 is 0. The van der Waals surface area contributed by atoms with E-state index in [0.717, 1.165) is 17.4 Å². The molecule has 1 unspecified atom stereocenters. The predicted molar refractivity (Wildman–Crippen MR) is 76.5 cm³/mol.